The van der Waals surface area contributed by atoms with Crippen LogP contribution in [0.4, 0.5) is 0 Å². The van der Waals surface area contributed by atoms with E-state index in [1.54, 1.807) is 6.92 Å². The van der Waals surface area contributed by atoms with Gasteiger partial charge in [-0.1, -0.05) is 123 Å². The molecule has 0 aromatic carbocycles. The van der Waals surface area contributed by atoms with Crippen LogP contribution in [-0.2, 0) is 28.2 Å². The van der Waals surface area contributed by atoms with Gasteiger partial charge in [-0.3, -0.25) is 9.32 Å². The van der Waals surface area contributed by atoms with E-state index in [0.29, 0.717) is 0 Å². The zero-order valence-electron chi connectivity index (χ0n) is 23.0. The lowest BCUT2D eigenvalue weighted by molar-refractivity contribution is -0.231. The molecule has 0 rings (SSSR count). The van der Waals surface area contributed by atoms with Gasteiger partial charge in [0.2, 0.25) is 0 Å². The Bertz CT molecular complexity index is 516. The topological polar surface area (TPSA) is 91.3 Å². The third kappa shape index (κ3) is 23.7. The van der Waals surface area contributed by atoms with Crippen LogP contribution < -0.4 is 0 Å². The minimum absolute atomic E-state index is 0.0237. The first-order valence-electron chi connectivity index (χ1n) is 14.4. The zero-order chi connectivity index (χ0) is 26.0. The largest absolute Gasteiger partial charge is 0.499 e. The summed E-state index contributed by atoms with van der Waals surface area (Å²) in [5.74, 6) is -0.326. The van der Waals surface area contributed by atoms with Gasteiger partial charge in [0, 0.05) is 0 Å². The summed E-state index contributed by atoms with van der Waals surface area (Å²) in [7, 11) is -4.19. The number of phosphoric ester groups is 1. The van der Waals surface area contributed by atoms with Gasteiger partial charge in [-0.25, -0.2) is 9.45 Å². The van der Waals surface area contributed by atoms with Crippen molar-refractivity contribution in [2.24, 2.45) is 5.92 Å². The number of carbonyl (C=O) groups is 1. The molecule has 0 bridgehead atoms. The van der Waals surface area contributed by atoms with Crippen LogP contribution in [0.3, 0.4) is 0 Å². The van der Waals surface area contributed by atoms with Crippen molar-refractivity contribution in [2.75, 3.05) is 19.8 Å². The Hall–Kier alpha value is -0.460. The molecule has 0 saturated carbocycles. The molecule has 0 fully saturated rings. The van der Waals surface area contributed by atoms with E-state index in [1.807, 2.05) is 0 Å². The van der Waals surface area contributed by atoms with Crippen LogP contribution in [0.15, 0.2) is 0 Å². The summed E-state index contributed by atoms with van der Waals surface area (Å²) in [5, 5.41) is 0. The minimum atomic E-state index is -4.19. The first-order valence-corrected chi connectivity index (χ1v) is 15.9. The standard InChI is InChI=1S/C27H55O7P/c1-4-7-8-9-10-11-12-13-14-15-16-17-18-19-20-21-23-26(22-5-2)27(28)31-24-25-32-34-35(29,30)33-6-3/h26H,4-25H2,1-3H3,(H,29,30). The maximum atomic E-state index is 12.3. The molecule has 0 aliphatic carbocycles. The molecule has 0 aromatic rings. The van der Waals surface area contributed by atoms with Crippen molar-refractivity contribution in [1.82, 2.24) is 0 Å². The Balaban J connectivity index is 3.63. The maximum Gasteiger partial charge on any atom is 0.499 e. The van der Waals surface area contributed by atoms with Crippen LogP contribution in [0.1, 0.15) is 143 Å². The number of hydrogen-bond acceptors (Lipinski definition) is 6. The van der Waals surface area contributed by atoms with Gasteiger partial charge in [-0.05, 0) is 19.8 Å². The van der Waals surface area contributed by atoms with Crippen LogP contribution in [-0.4, -0.2) is 30.7 Å². The van der Waals surface area contributed by atoms with Gasteiger partial charge in [-0.2, -0.15) is 0 Å². The van der Waals surface area contributed by atoms with E-state index in [9.17, 15) is 14.3 Å². The maximum absolute atomic E-state index is 12.3. The average molecular weight is 523 g/mol. The van der Waals surface area contributed by atoms with Crippen molar-refractivity contribution in [3.05, 3.63) is 0 Å². The Morgan fingerprint density at radius 1 is 0.686 bits per heavy atom. The molecule has 8 heteroatoms. The summed E-state index contributed by atoms with van der Waals surface area (Å²) in [6.45, 7) is 5.79. The SMILES string of the molecule is CCCCCCCCCCCCCCCCCCC(CCC)C(=O)OCCOOP(=O)(O)OCC. The van der Waals surface area contributed by atoms with Crippen molar-refractivity contribution in [3.8, 4) is 0 Å². The third-order valence-electron chi connectivity index (χ3n) is 6.23. The number of esters is 1. The second kappa shape index (κ2) is 25.2. The van der Waals surface area contributed by atoms with E-state index in [0.717, 1.165) is 32.1 Å². The molecule has 0 aromatic heterocycles. The molecule has 2 atom stereocenters. The van der Waals surface area contributed by atoms with Crippen LogP contribution in [0, 0.1) is 5.92 Å². The smallest absolute Gasteiger partial charge is 0.463 e. The molecule has 0 heterocycles. The quantitative estimate of drug-likeness (QED) is 0.0379. The van der Waals surface area contributed by atoms with Crippen LogP contribution >= 0.6 is 7.82 Å². The minimum Gasteiger partial charge on any atom is -0.463 e. The fraction of sp³-hybridized carbons (Fsp3) is 0.963. The Kier molecular flexibility index (Phi) is 24.9. The molecule has 0 spiro atoms. The lowest BCUT2D eigenvalue weighted by Gasteiger charge is -2.15. The predicted octanol–water partition coefficient (Wildman–Crippen LogP) is 8.68. The van der Waals surface area contributed by atoms with Gasteiger partial charge in [0.15, 0.2) is 0 Å². The summed E-state index contributed by atoms with van der Waals surface area (Å²) in [6.07, 6.45) is 23.9. The molecule has 0 aliphatic rings. The Labute approximate surface area is 215 Å². The molecule has 7 nitrogen and oxygen atoms in total. The second-order valence-corrected chi connectivity index (χ2v) is 10.9. The number of phosphoric acid groups is 1. The van der Waals surface area contributed by atoms with Crippen molar-refractivity contribution in [1.29, 1.82) is 0 Å². The van der Waals surface area contributed by atoms with Crippen molar-refractivity contribution in [2.45, 2.75) is 143 Å². The van der Waals surface area contributed by atoms with Gasteiger partial charge in [0.05, 0.1) is 12.5 Å². The number of rotatable bonds is 27. The fourth-order valence-corrected chi connectivity index (χ4v) is 4.83. The molecule has 2 unspecified atom stereocenters. The molecule has 0 saturated heterocycles. The van der Waals surface area contributed by atoms with E-state index in [2.05, 4.69) is 27.9 Å². The number of ether oxygens (including phenoxy) is 1. The number of hydrogen-bond donors (Lipinski definition) is 1. The summed E-state index contributed by atoms with van der Waals surface area (Å²) in [5.41, 5.74) is 0. The van der Waals surface area contributed by atoms with Crippen LogP contribution in [0.5, 0.6) is 0 Å². The fourth-order valence-electron chi connectivity index (χ4n) is 4.25. The average Bonchev–Trinajstić information content (AvgIpc) is 2.82. The highest BCUT2D eigenvalue weighted by Gasteiger charge is 2.22. The lowest BCUT2D eigenvalue weighted by atomic mass is 9.96. The molecule has 0 radical (unpaired) electrons. The third-order valence-corrected chi connectivity index (χ3v) is 7.11. The van der Waals surface area contributed by atoms with E-state index in [1.165, 1.54) is 89.9 Å². The highest BCUT2D eigenvalue weighted by molar-refractivity contribution is 7.47. The van der Waals surface area contributed by atoms with Crippen molar-refractivity contribution in [3.63, 3.8) is 0 Å². The monoisotopic (exact) mass is 522 g/mol. The summed E-state index contributed by atoms with van der Waals surface area (Å²) < 4.78 is 25.4. The van der Waals surface area contributed by atoms with Gasteiger partial charge < -0.3 is 9.63 Å². The molecule has 0 amide bonds. The van der Waals surface area contributed by atoms with E-state index >= 15 is 0 Å². The molecule has 1 N–H and O–H groups in total. The molecule has 0 aliphatic heterocycles. The number of carbonyl (C=O) groups excluding carboxylic acids is 1. The zero-order valence-corrected chi connectivity index (χ0v) is 23.9. The summed E-state index contributed by atoms with van der Waals surface area (Å²) in [6, 6.07) is 0. The first-order chi connectivity index (χ1) is 17.0. The molecule has 210 valence electrons. The number of unbranched alkanes of at least 4 members (excludes halogenated alkanes) is 15. The lowest BCUT2D eigenvalue weighted by Crippen LogP contribution is -2.20. The summed E-state index contributed by atoms with van der Waals surface area (Å²) in [4.78, 5) is 26.2. The van der Waals surface area contributed by atoms with Gasteiger partial charge >= 0.3 is 13.8 Å². The van der Waals surface area contributed by atoms with E-state index < -0.39 is 7.82 Å². The normalized spacial score (nSPS) is 14.1. The van der Waals surface area contributed by atoms with Crippen LogP contribution in [0.2, 0.25) is 0 Å². The highest BCUT2D eigenvalue weighted by Crippen LogP contribution is 2.42. The molecular formula is C27H55O7P. The first kappa shape index (κ1) is 34.5. The van der Waals surface area contributed by atoms with E-state index in [4.69, 9.17) is 4.74 Å². The highest BCUT2D eigenvalue weighted by atomic mass is 31.2. The summed E-state index contributed by atoms with van der Waals surface area (Å²) >= 11 is 0. The predicted molar refractivity (Wildman–Crippen MR) is 142 cm³/mol. The van der Waals surface area contributed by atoms with Crippen molar-refractivity contribution >= 4 is 13.8 Å². The van der Waals surface area contributed by atoms with Crippen LogP contribution in [0.25, 0.3) is 0 Å². The molecule has 35 heavy (non-hydrogen) atoms. The second-order valence-electron chi connectivity index (χ2n) is 9.53. The Morgan fingerprint density at radius 2 is 1.17 bits per heavy atom. The van der Waals surface area contributed by atoms with Crippen molar-refractivity contribution < 1.29 is 33.1 Å². The van der Waals surface area contributed by atoms with Gasteiger partial charge in [-0.15, -0.1) is 4.67 Å². The van der Waals surface area contributed by atoms with Gasteiger partial charge in [0.25, 0.3) is 0 Å². The Morgan fingerprint density at radius 3 is 1.63 bits per heavy atom. The van der Waals surface area contributed by atoms with E-state index in [-0.39, 0.29) is 31.7 Å². The molecular weight excluding hydrogens is 467 g/mol. The van der Waals surface area contributed by atoms with Gasteiger partial charge in [0.1, 0.15) is 13.2 Å².